The monoisotopic (exact) mass is 455 g/mol. The number of halogens is 1. The molecule has 0 unspecified atom stereocenters. The van der Waals surface area contributed by atoms with Gasteiger partial charge in [-0.05, 0) is 82.2 Å². The normalized spacial score (nSPS) is 11.4. The van der Waals surface area contributed by atoms with Gasteiger partial charge in [-0.15, -0.1) is 0 Å². The number of carbonyl (C=O) groups is 1. The van der Waals surface area contributed by atoms with Gasteiger partial charge >= 0.3 is 6.04 Å². The molecular formula is C32H22FNO. The van der Waals surface area contributed by atoms with Gasteiger partial charge in [-0.1, -0.05) is 71.8 Å². The maximum absolute atomic E-state index is 13.6. The third-order valence-electron chi connectivity index (χ3n) is 6.70. The summed E-state index contributed by atoms with van der Waals surface area (Å²) in [7, 11) is 0. The first-order chi connectivity index (χ1) is 17.0. The van der Waals surface area contributed by atoms with E-state index >= 15 is 0 Å². The second kappa shape index (κ2) is 8.14. The van der Waals surface area contributed by atoms with Gasteiger partial charge in [0.25, 0.3) is 0 Å². The molecule has 0 spiro atoms. The number of rotatable bonds is 3. The van der Waals surface area contributed by atoms with Crippen molar-refractivity contribution in [3.05, 3.63) is 114 Å². The Morgan fingerprint density at radius 3 is 2.17 bits per heavy atom. The molecule has 0 aliphatic heterocycles. The molecule has 0 fully saturated rings. The first-order valence-corrected chi connectivity index (χ1v) is 11.6. The maximum atomic E-state index is 13.6. The average Bonchev–Trinajstić information content (AvgIpc) is 2.86. The molecule has 1 aromatic heterocycles. The van der Waals surface area contributed by atoms with E-state index in [4.69, 9.17) is 4.98 Å². The zero-order valence-electron chi connectivity index (χ0n) is 19.5. The molecule has 6 aromatic rings. The molecule has 0 N–H and O–H groups in total. The molecule has 35 heavy (non-hydrogen) atoms. The van der Waals surface area contributed by atoms with E-state index in [1.807, 2.05) is 30.5 Å². The first kappa shape index (κ1) is 21.2. The Kier molecular flexibility index (Phi) is 4.93. The van der Waals surface area contributed by atoms with Crippen LogP contribution in [-0.2, 0) is 0 Å². The summed E-state index contributed by atoms with van der Waals surface area (Å²) in [6.45, 7) is 4.22. The van der Waals surface area contributed by atoms with Crippen LogP contribution in [-0.4, -0.2) is 11.0 Å². The molecule has 0 amide bonds. The van der Waals surface area contributed by atoms with Crippen molar-refractivity contribution in [1.29, 1.82) is 0 Å². The Bertz CT molecular complexity index is 1780. The van der Waals surface area contributed by atoms with E-state index in [0.717, 1.165) is 49.3 Å². The first-order valence-electron chi connectivity index (χ1n) is 11.6. The van der Waals surface area contributed by atoms with Crippen LogP contribution in [0.5, 0.6) is 0 Å². The molecule has 5 aromatic carbocycles. The van der Waals surface area contributed by atoms with Crippen LogP contribution in [0.25, 0.3) is 54.7 Å². The van der Waals surface area contributed by atoms with Gasteiger partial charge < -0.3 is 0 Å². The molecule has 0 aliphatic rings. The van der Waals surface area contributed by atoms with Crippen LogP contribution in [0.4, 0.5) is 4.39 Å². The van der Waals surface area contributed by atoms with E-state index < -0.39 is 6.04 Å². The van der Waals surface area contributed by atoms with Gasteiger partial charge in [0.2, 0.25) is 0 Å². The van der Waals surface area contributed by atoms with Crippen molar-refractivity contribution in [1.82, 2.24) is 4.98 Å². The topological polar surface area (TPSA) is 30.0 Å². The van der Waals surface area contributed by atoms with Crippen LogP contribution in [0.2, 0.25) is 0 Å². The van der Waals surface area contributed by atoms with Crippen molar-refractivity contribution in [3.8, 4) is 22.4 Å². The third kappa shape index (κ3) is 3.57. The number of pyridine rings is 1. The van der Waals surface area contributed by atoms with Gasteiger partial charge in [0.15, 0.2) is 0 Å². The lowest BCUT2D eigenvalue weighted by Crippen LogP contribution is -1.93. The van der Waals surface area contributed by atoms with Crippen LogP contribution < -0.4 is 0 Å². The van der Waals surface area contributed by atoms with Gasteiger partial charge in [-0.2, -0.15) is 4.39 Å². The summed E-state index contributed by atoms with van der Waals surface area (Å²) < 4.78 is 13.6. The molecule has 2 nitrogen and oxygen atoms in total. The van der Waals surface area contributed by atoms with Crippen LogP contribution in [0.1, 0.15) is 21.5 Å². The standard InChI is InChI=1S/C32H22FNO/c1-19-15-20(2)17-23(16-19)31-29-10-8-22-18-21(7-9-24(22)28(29)13-14-34-31)25-11-12-30(32(33)35)27-6-4-3-5-26(25)27/h3-18H,1-2H3. The number of carbonyl (C=O) groups excluding carboxylic acids is 1. The highest BCUT2D eigenvalue weighted by atomic mass is 19.1. The Morgan fingerprint density at radius 2 is 1.40 bits per heavy atom. The van der Waals surface area contributed by atoms with E-state index in [2.05, 4.69) is 68.4 Å². The molecule has 1 heterocycles. The van der Waals surface area contributed by atoms with E-state index in [0.29, 0.717) is 5.39 Å². The molecule has 0 bridgehead atoms. The Balaban J connectivity index is 1.54. The smallest absolute Gasteiger partial charge is 0.256 e. The largest absolute Gasteiger partial charge is 0.332 e. The van der Waals surface area contributed by atoms with Gasteiger partial charge in [0.1, 0.15) is 0 Å². The number of fused-ring (bicyclic) bond motifs is 4. The molecule has 0 saturated heterocycles. The van der Waals surface area contributed by atoms with Crippen LogP contribution >= 0.6 is 0 Å². The molecule has 168 valence electrons. The molecular weight excluding hydrogens is 433 g/mol. The molecule has 0 aliphatic carbocycles. The maximum Gasteiger partial charge on any atom is 0.332 e. The van der Waals surface area contributed by atoms with Crippen molar-refractivity contribution < 1.29 is 9.18 Å². The van der Waals surface area contributed by atoms with Gasteiger partial charge in [0, 0.05) is 17.1 Å². The van der Waals surface area contributed by atoms with Crippen molar-refractivity contribution in [2.75, 3.05) is 0 Å². The number of nitrogens with zero attached hydrogens (tertiary/aromatic N) is 1. The highest BCUT2D eigenvalue weighted by molar-refractivity contribution is 6.13. The fourth-order valence-electron chi connectivity index (χ4n) is 5.23. The summed E-state index contributed by atoms with van der Waals surface area (Å²) >= 11 is 0. The van der Waals surface area contributed by atoms with E-state index in [9.17, 15) is 9.18 Å². The molecule has 0 radical (unpaired) electrons. The lowest BCUT2D eigenvalue weighted by molar-refractivity contribution is 0.0838. The number of benzene rings is 5. The lowest BCUT2D eigenvalue weighted by Gasteiger charge is -2.13. The van der Waals surface area contributed by atoms with Gasteiger partial charge in [-0.3, -0.25) is 9.78 Å². The number of aryl methyl sites for hydroxylation is 2. The summed E-state index contributed by atoms with van der Waals surface area (Å²) in [5.74, 6) is 0. The number of aromatic nitrogens is 1. The van der Waals surface area contributed by atoms with Crippen molar-refractivity contribution in [2.45, 2.75) is 13.8 Å². The zero-order chi connectivity index (χ0) is 24.1. The second-order valence-corrected chi connectivity index (χ2v) is 9.11. The quantitative estimate of drug-likeness (QED) is 0.197. The summed E-state index contributed by atoms with van der Waals surface area (Å²) in [5, 5.41) is 6.02. The fraction of sp³-hybridized carbons (Fsp3) is 0.0625. The summed E-state index contributed by atoms with van der Waals surface area (Å²) in [6, 6.07) is 28.7. The predicted octanol–water partition coefficient (Wildman–Crippen LogP) is 8.60. The van der Waals surface area contributed by atoms with Crippen molar-refractivity contribution in [3.63, 3.8) is 0 Å². The lowest BCUT2D eigenvalue weighted by atomic mass is 9.92. The van der Waals surface area contributed by atoms with Gasteiger partial charge in [-0.25, -0.2) is 0 Å². The highest BCUT2D eigenvalue weighted by Crippen LogP contribution is 2.36. The van der Waals surface area contributed by atoms with Crippen molar-refractivity contribution >= 4 is 38.4 Å². The summed E-state index contributed by atoms with van der Waals surface area (Å²) in [4.78, 5) is 16.2. The number of hydrogen-bond donors (Lipinski definition) is 0. The van der Waals surface area contributed by atoms with Gasteiger partial charge in [0.05, 0.1) is 11.3 Å². The SMILES string of the molecule is Cc1cc(C)cc(-c2nccc3c2ccc2cc(-c4ccc(C(=O)F)c5ccccc45)ccc23)c1. The molecule has 6 rings (SSSR count). The highest BCUT2D eigenvalue weighted by Gasteiger charge is 2.14. The van der Waals surface area contributed by atoms with E-state index in [1.54, 1.807) is 12.1 Å². The molecule has 3 heteroatoms. The minimum atomic E-state index is -1.41. The summed E-state index contributed by atoms with van der Waals surface area (Å²) in [5.41, 5.74) is 6.64. The van der Waals surface area contributed by atoms with Crippen molar-refractivity contribution in [2.24, 2.45) is 0 Å². The van der Waals surface area contributed by atoms with E-state index in [-0.39, 0.29) is 5.56 Å². The van der Waals surface area contributed by atoms with E-state index in [1.165, 1.54) is 11.1 Å². The number of hydrogen-bond acceptors (Lipinski definition) is 2. The zero-order valence-corrected chi connectivity index (χ0v) is 19.5. The average molecular weight is 456 g/mol. The Morgan fingerprint density at radius 1 is 0.657 bits per heavy atom. The Hall–Kier alpha value is -4.37. The fourth-order valence-corrected chi connectivity index (χ4v) is 5.23. The van der Waals surface area contributed by atoms with Crippen LogP contribution in [0.15, 0.2) is 97.2 Å². The minimum Gasteiger partial charge on any atom is -0.256 e. The minimum absolute atomic E-state index is 0.0996. The third-order valence-corrected chi connectivity index (χ3v) is 6.70. The second-order valence-electron chi connectivity index (χ2n) is 9.11. The Labute approximate surface area is 202 Å². The van der Waals surface area contributed by atoms with Crippen LogP contribution in [0.3, 0.4) is 0 Å². The molecule has 0 atom stereocenters. The summed E-state index contributed by atoms with van der Waals surface area (Å²) in [6.07, 6.45) is 1.88. The van der Waals surface area contributed by atoms with Crippen LogP contribution in [0, 0.1) is 13.8 Å². The predicted molar refractivity (Wildman–Crippen MR) is 143 cm³/mol. The molecule has 0 saturated carbocycles.